The molecule has 7 heteroatoms. The standard InChI is InChI=1S/C10H19BrN2O3S/c1-9-8-13(3-2-10(9)11)17(14,15)12-4-6-16-7-5-12/h9-10H,2-8H2,1H3. The first-order valence-corrected chi connectivity index (χ1v) is 8.30. The minimum absolute atomic E-state index is 0.361. The average Bonchev–Trinajstić information content (AvgIpc) is 2.33. The Morgan fingerprint density at radius 1 is 1.18 bits per heavy atom. The molecule has 2 saturated heterocycles. The monoisotopic (exact) mass is 326 g/mol. The molecule has 2 atom stereocenters. The molecule has 0 bridgehead atoms. The molecule has 2 rings (SSSR count). The lowest BCUT2D eigenvalue weighted by Gasteiger charge is -2.37. The molecule has 0 saturated carbocycles. The molecule has 0 aromatic rings. The molecule has 0 radical (unpaired) electrons. The lowest BCUT2D eigenvalue weighted by molar-refractivity contribution is 0.0693. The summed E-state index contributed by atoms with van der Waals surface area (Å²) in [7, 11) is -3.28. The van der Waals surface area contributed by atoms with Gasteiger partial charge in [0, 0.05) is 31.0 Å². The van der Waals surface area contributed by atoms with Crippen molar-refractivity contribution in [3.8, 4) is 0 Å². The van der Waals surface area contributed by atoms with Crippen LogP contribution >= 0.6 is 15.9 Å². The third kappa shape index (κ3) is 3.01. The molecular formula is C10H19BrN2O3S. The first kappa shape index (κ1) is 13.7. The quantitative estimate of drug-likeness (QED) is 0.701. The first-order valence-electron chi connectivity index (χ1n) is 5.99. The Morgan fingerprint density at radius 2 is 1.82 bits per heavy atom. The summed E-state index contributed by atoms with van der Waals surface area (Å²) in [5.41, 5.74) is 0. The van der Waals surface area contributed by atoms with Crippen molar-refractivity contribution in [3.05, 3.63) is 0 Å². The summed E-state index contributed by atoms with van der Waals surface area (Å²) in [4.78, 5) is 0.429. The van der Waals surface area contributed by atoms with Crippen LogP contribution in [0.25, 0.3) is 0 Å². The van der Waals surface area contributed by atoms with Gasteiger partial charge in [-0.1, -0.05) is 22.9 Å². The number of ether oxygens (including phenoxy) is 1. The van der Waals surface area contributed by atoms with E-state index in [4.69, 9.17) is 4.74 Å². The van der Waals surface area contributed by atoms with Gasteiger partial charge in [-0.2, -0.15) is 17.0 Å². The summed E-state index contributed by atoms with van der Waals surface area (Å²) in [6, 6.07) is 0. The van der Waals surface area contributed by atoms with Gasteiger partial charge in [0.25, 0.3) is 10.2 Å². The van der Waals surface area contributed by atoms with Crippen LogP contribution < -0.4 is 0 Å². The second-order valence-electron chi connectivity index (χ2n) is 4.66. The number of morpholine rings is 1. The van der Waals surface area contributed by atoms with Gasteiger partial charge in [-0.05, 0) is 12.3 Å². The van der Waals surface area contributed by atoms with Gasteiger partial charge in [0.05, 0.1) is 13.2 Å². The van der Waals surface area contributed by atoms with Crippen LogP contribution in [0.1, 0.15) is 13.3 Å². The summed E-state index contributed by atoms with van der Waals surface area (Å²) in [6.07, 6.45) is 0.880. The molecule has 0 aromatic carbocycles. The molecule has 2 fully saturated rings. The van der Waals surface area contributed by atoms with E-state index in [1.165, 1.54) is 4.31 Å². The maximum absolute atomic E-state index is 12.4. The second-order valence-corrected chi connectivity index (χ2v) is 7.76. The van der Waals surface area contributed by atoms with Crippen LogP contribution in [-0.4, -0.2) is 61.2 Å². The van der Waals surface area contributed by atoms with E-state index >= 15 is 0 Å². The highest BCUT2D eigenvalue weighted by atomic mass is 79.9. The van der Waals surface area contributed by atoms with E-state index in [2.05, 4.69) is 22.9 Å². The van der Waals surface area contributed by atoms with Crippen LogP contribution in [0.15, 0.2) is 0 Å². The zero-order valence-corrected chi connectivity index (χ0v) is 12.4. The largest absolute Gasteiger partial charge is 0.379 e. The van der Waals surface area contributed by atoms with Crippen LogP contribution in [0.5, 0.6) is 0 Å². The van der Waals surface area contributed by atoms with Crippen molar-refractivity contribution in [2.45, 2.75) is 18.2 Å². The van der Waals surface area contributed by atoms with Gasteiger partial charge in [0.2, 0.25) is 0 Å². The fourth-order valence-corrected chi connectivity index (χ4v) is 4.30. The highest BCUT2D eigenvalue weighted by molar-refractivity contribution is 9.09. The normalized spacial score (nSPS) is 33.8. The molecule has 0 N–H and O–H groups in total. The lowest BCUT2D eigenvalue weighted by Crippen LogP contribution is -2.52. The third-order valence-corrected chi connectivity index (χ3v) is 6.75. The number of rotatable bonds is 2. The Balaban J connectivity index is 2.04. The van der Waals surface area contributed by atoms with Crippen LogP contribution in [0.3, 0.4) is 0 Å². The number of hydrogen-bond acceptors (Lipinski definition) is 3. The predicted molar refractivity (Wildman–Crippen MR) is 69.4 cm³/mol. The average molecular weight is 327 g/mol. The molecule has 0 spiro atoms. The molecule has 100 valence electrons. The van der Waals surface area contributed by atoms with Crippen molar-refractivity contribution in [2.75, 3.05) is 39.4 Å². The van der Waals surface area contributed by atoms with Crippen molar-refractivity contribution in [3.63, 3.8) is 0 Å². The Bertz CT molecular complexity index is 357. The fourth-order valence-electron chi connectivity index (χ4n) is 2.23. The van der Waals surface area contributed by atoms with Gasteiger partial charge in [0.1, 0.15) is 0 Å². The number of nitrogens with zero attached hydrogens (tertiary/aromatic N) is 2. The van der Waals surface area contributed by atoms with Crippen molar-refractivity contribution in [1.82, 2.24) is 8.61 Å². The number of halogens is 1. The predicted octanol–water partition coefficient (Wildman–Crippen LogP) is 0.669. The lowest BCUT2D eigenvalue weighted by atomic mass is 10.0. The van der Waals surface area contributed by atoms with E-state index in [9.17, 15) is 8.42 Å². The Labute approximate surface area is 111 Å². The fraction of sp³-hybridized carbons (Fsp3) is 1.00. The topological polar surface area (TPSA) is 49.9 Å². The summed E-state index contributed by atoms with van der Waals surface area (Å²) in [5, 5.41) is 0. The molecule has 5 nitrogen and oxygen atoms in total. The van der Waals surface area contributed by atoms with Crippen LogP contribution in [0.2, 0.25) is 0 Å². The number of alkyl halides is 1. The SMILES string of the molecule is CC1CN(S(=O)(=O)N2CCOCC2)CCC1Br. The number of piperidine rings is 1. The minimum Gasteiger partial charge on any atom is -0.379 e. The highest BCUT2D eigenvalue weighted by Crippen LogP contribution is 2.26. The maximum atomic E-state index is 12.4. The Kier molecular flexibility index (Phi) is 4.46. The smallest absolute Gasteiger partial charge is 0.282 e. The van der Waals surface area contributed by atoms with E-state index in [0.29, 0.717) is 50.1 Å². The molecule has 17 heavy (non-hydrogen) atoms. The van der Waals surface area contributed by atoms with Crippen LogP contribution in [0.4, 0.5) is 0 Å². The van der Waals surface area contributed by atoms with Gasteiger partial charge < -0.3 is 4.74 Å². The zero-order chi connectivity index (χ0) is 12.5. The summed E-state index contributed by atoms with van der Waals surface area (Å²) in [5.74, 6) is 0.361. The molecule has 0 amide bonds. The van der Waals surface area contributed by atoms with Crippen LogP contribution in [-0.2, 0) is 14.9 Å². The highest BCUT2D eigenvalue weighted by Gasteiger charge is 2.35. The van der Waals surface area contributed by atoms with Crippen molar-refractivity contribution < 1.29 is 13.2 Å². The number of hydrogen-bond donors (Lipinski definition) is 0. The van der Waals surface area contributed by atoms with Gasteiger partial charge in [-0.15, -0.1) is 0 Å². The van der Waals surface area contributed by atoms with E-state index in [-0.39, 0.29) is 0 Å². The minimum atomic E-state index is -3.28. The maximum Gasteiger partial charge on any atom is 0.282 e. The van der Waals surface area contributed by atoms with Crippen molar-refractivity contribution in [2.24, 2.45) is 5.92 Å². The molecule has 2 aliphatic rings. The van der Waals surface area contributed by atoms with E-state index in [0.717, 1.165) is 6.42 Å². The Morgan fingerprint density at radius 3 is 2.41 bits per heavy atom. The summed E-state index contributed by atoms with van der Waals surface area (Å²) in [6.45, 7) is 5.26. The third-order valence-electron chi connectivity index (χ3n) is 3.39. The zero-order valence-electron chi connectivity index (χ0n) is 10.0. The molecule has 2 aliphatic heterocycles. The van der Waals surface area contributed by atoms with Crippen molar-refractivity contribution >= 4 is 26.1 Å². The van der Waals surface area contributed by atoms with Gasteiger partial charge >= 0.3 is 0 Å². The molecular weight excluding hydrogens is 308 g/mol. The van der Waals surface area contributed by atoms with E-state index < -0.39 is 10.2 Å². The van der Waals surface area contributed by atoms with E-state index in [1.54, 1.807) is 4.31 Å². The van der Waals surface area contributed by atoms with Gasteiger partial charge in [-0.3, -0.25) is 0 Å². The Hall–Kier alpha value is 0.310. The van der Waals surface area contributed by atoms with Gasteiger partial charge in [0.15, 0.2) is 0 Å². The molecule has 2 heterocycles. The molecule has 0 aliphatic carbocycles. The van der Waals surface area contributed by atoms with Crippen LogP contribution in [0, 0.1) is 5.92 Å². The first-order chi connectivity index (χ1) is 8.01. The van der Waals surface area contributed by atoms with Crippen molar-refractivity contribution in [1.29, 1.82) is 0 Å². The summed E-state index contributed by atoms with van der Waals surface area (Å²) >= 11 is 3.59. The summed E-state index contributed by atoms with van der Waals surface area (Å²) < 4.78 is 33.1. The van der Waals surface area contributed by atoms with Gasteiger partial charge in [-0.25, -0.2) is 0 Å². The molecule has 0 aromatic heterocycles. The van der Waals surface area contributed by atoms with E-state index in [1.807, 2.05) is 0 Å². The second kappa shape index (κ2) is 5.52. The molecule has 2 unspecified atom stereocenters.